The van der Waals surface area contributed by atoms with Gasteiger partial charge in [-0.05, 0) is 68.4 Å². The lowest BCUT2D eigenvalue weighted by Crippen LogP contribution is -2.36. The molecule has 2 aromatic rings. The fourth-order valence-electron chi connectivity index (χ4n) is 5.20. The predicted octanol–water partition coefficient (Wildman–Crippen LogP) is 5.72. The Morgan fingerprint density at radius 1 is 1.06 bits per heavy atom. The quantitative estimate of drug-likeness (QED) is 0.502. The summed E-state index contributed by atoms with van der Waals surface area (Å²) in [6.45, 7) is 7.78. The minimum Gasteiger partial charge on any atom is -0.493 e. The van der Waals surface area contributed by atoms with E-state index in [1.165, 1.54) is 0 Å². The maximum Gasteiger partial charge on any atom is 0.337 e. The third-order valence-electron chi connectivity index (χ3n) is 7.31. The van der Waals surface area contributed by atoms with Gasteiger partial charge >= 0.3 is 5.97 Å². The van der Waals surface area contributed by atoms with Crippen molar-refractivity contribution >= 4 is 11.8 Å². The number of rotatable bonds is 7. The molecule has 2 aliphatic rings. The molecule has 0 amide bonds. The highest BCUT2D eigenvalue weighted by Gasteiger charge is 2.42. The number of dihydropyridines is 1. The van der Waals surface area contributed by atoms with Gasteiger partial charge in [0.2, 0.25) is 0 Å². The topological polar surface area (TPSA) is 73.9 Å². The number of benzene rings is 2. The van der Waals surface area contributed by atoms with Crippen molar-refractivity contribution in [3.05, 3.63) is 81.7 Å². The van der Waals surface area contributed by atoms with Gasteiger partial charge in [0.25, 0.3) is 0 Å². The molecule has 0 saturated heterocycles. The van der Waals surface area contributed by atoms with E-state index in [4.69, 9.17) is 14.2 Å². The highest BCUT2D eigenvalue weighted by molar-refractivity contribution is 6.04. The third kappa shape index (κ3) is 4.77. The molecule has 0 radical (unpaired) electrons. The first-order valence-electron chi connectivity index (χ1n) is 12.5. The van der Waals surface area contributed by atoms with Crippen LogP contribution in [0.25, 0.3) is 0 Å². The standard InChI is InChI=1S/C30H35NO5/c1-7-18(3)36-30(33)27-19(4)31-23-14-21(20-12-13-25(34-5)26(16-20)35-6)15-24(32)29(23)28(27)22-11-9-8-10-17(22)2/h8-13,16,18,21,28,31H,7,14-15H2,1-6H3/t18-,21-,28-/m1/s1. The molecule has 0 spiro atoms. The molecule has 1 aliphatic heterocycles. The number of ether oxygens (including phenoxy) is 3. The normalized spacial score (nSPS) is 20.4. The number of allylic oxidation sites excluding steroid dienone is 3. The van der Waals surface area contributed by atoms with Gasteiger partial charge in [0.1, 0.15) is 0 Å². The van der Waals surface area contributed by atoms with Crippen LogP contribution in [0.5, 0.6) is 11.5 Å². The van der Waals surface area contributed by atoms with Crippen LogP contribution in [0.4, 0.5) is 0 Å². The Balaban J connectivity index is 1.77. The van der Waals surface area contributed by atoms with E-state index in [0.29, 0.717) is 35.5 Å². The second kappa shape index (κ2) is 10.6. The first-order valence-corrected chi connectivity index (χ1v) is 12.5. The number of carbonyl (C=O) groups excluding carboxylic acids is 2. The summed E-state index contributed by atoms with van der Waals surface area (Å²) in [5.74, 6) is 0.493. The van der Waals surface area contributed by atoms with Crippen LogP contribution in [0, 0.1) is 6.92 Å². The van der Waals surface area contributed by atoms with Gasteiger partial charge in [0.05, 0.1) is 25.9 Å². The number of ketones is 1. The largest absolute Gasteiger partial charge is 0.493 e. The van der Waals surface area contributed by atoms with Crippen LogP contribution in [0.1, 0.15) is 68.6 Å². The lowest BCUT2D eigenvalue weighted by Gasteiger charge is -2.37. The molecule has 0 bridgehead atoms. The predicted molar refractivity (Wildman–Crippen MR) is 139 cm³/mol. The zero-order valence-electron chi connectivity index (χ0n) is 21.9. The number of methoxy groups -OCH3 is 2. The Labute approximate surface area is 213 Å². The molecule has 36 heavy (non-hydrogen) atoms. The van der Waals surface area contributed by atoms with Crippen molar-refractivity contribution in [2.45, 2.75) is 64.9 Å². The first-order chi connectivity index (χ1) is 17.3. The SMILES string of the molecule is CC[C@@H](C)OC(=O)C1=C(C)NC2=C(C(=O)C[C@H](c3ccc(OC)c(OC)c3)C2)[C@@H]1c1ccccc1C. The number of aryl methyl sites for hydroxylation is 1. The van der Waals surface area contributed by atoms with Crippen LogP contribution in [-0.2, 0) is 14.3 Å². The van der Waals surface area contributed by atoms with Crippen LogP contribution < -0.4 is 14.8 Å². The van der Waals surface area contributed by atoms with Crippen molar-refractivity contribution in [3.63, 3.8) is 0 Å². The van der Waals surface area contributed by atoms with E-state index in [0.717, 1.165) is 34.5 Å². The van der Waals surface area contributed by atoms with E-state index in [-0.39, 0.29) is 23.8 Å². The van der Waals surface area contributed by atoms with Gasteiger partial charge in [0, 0.05) is 29.3 Å². The summed E-state index contributed by atoms with van der Waals surface area (Å²) >= 11 is 0. The first kappa shape index (κ1) is 25.5. The maximum atomic E-state index is 13.8. The smallest absolute Gasteiger partial charge is 0.337 e. The van der Waals surface area contributed by atoms with Crippen LogP contribution in [-0.4, -0.2) is 32.1 Å². The van der Waals surface area contributed by atoms with Crippen LogP contribution in [0.2, 0.25) is 0 Å². The summed E-state index contributed by atoms with van der Waals surface area (Å²) in [5, 5.41) is 3.42. The monoisotopic (exact) mass is 489 g/mol. The lowest BCUT2D eigenvalue weighted by molar-refractivity contribution is -0.144. The highest BCUT2D eigenvalue weighted by atomic mass is 16.5. The molecule has 0 aromatic heterocycles. The van der Waals surface area contributed by atoms with Gasteiger partial charge in [-0.3, -0.25) is 4.79 Å². The molecule has 4 rings (SSSR count). The number of hydrogen-bond donors (Lipinski definition) is 1. The zero-order chi connectivity index (χ0) is 26.0. The summed E-state index contributed by atoms with van der Waals surface area (Å²) in [6.07, 6.45) is 1.53. The van der Waals surface area contributed by atoms with Gasteiger partial charge in [0.15, 0.2) is 17.3 Å². The molecule has 0 saturated carbocycles. The molecule has 3 atom stereocenters. The van der Waals surface area contributed by atoms with Gasteiger partial charge in [-0.25, -0.2) is 4.79 Å². The Hall–Kier alpha value is -3.54. The molecule has 190 valence electrons. The number of hydrogen-bond acceptors (Lipinski definition) is 6. The van der Waals surface area contributed by atoms with Gasteiger partial charge in [-0.15, -0.1) is 0 Å². The van der Waals surface area contributed by atoms with Crippen LogP contribution in [0.15, 0.2) is 65.0 Å². The van der Waals surface area contributed by atoms with Crippen molar-refractivity contribution in [2.75, 3.05) is 14.2 Å². The van der Waals surface area contributed by atoms with Crippen molar-refractivity contribution in [3.8, 4) is 11.5 Å². The molecule has 0 fully saturated rings. The van der Waals surface area contributed by atoms with Crippen molar-refractivity contribution in [1.82, 2.24) is 5.32 Å². The summed E-state index contributed by atoms with van der Waals surface area (Å²) in [7, 11) is 3.22. The number of Topliss-reactive ketones (excluding diaryl/α,β-unsaturated/α-hetero) is 1. The Morgan fingerprint density at radius 3 is 2.44 bits per heavy atom. The summed E-state index contributed by atoms with van der Waals surface area (Å²) in [6, 6.07) is 13.8. The molecular weight excluding hydrogens is 454 g/mol. The number of esters is 1. The zero-order valence-corrected chi connectivity index (χ0v) is 21.9. The maximum absolute atomic E-state index is 13.8. The Bertz CT molecular complexity index is 1240. The summed E-state index contributed by atoms with van der Waals surface area (Å²) in [4.78, 5) is 27.2. The van der Waals surface area contributed by atoms with E-state index in [9.17, 15) is 9.59 Å². The average molecular weight is 490 g/mol. The van der Waals surface area contributed by atoms with Crippen molar-refractivity contribution < 1.29 is 23.8 Å². The van der Waals surface area contributed by atoms with Crippen molar-refractivity contribution in [2.24, 2.45) is 0 Å². The van der Waals surface area contributed by atoms with Gasteiger partial charge in [-0.2, -0.15) is 0 Å². The summed E-state index contributed by atoms with van der Waals surface area (Å²) < 4.78 is 16.6. The summed E-state index contributed by atoms with van der Waals surface area (Å²) in [5.41, 5.74) is 5.80. The Kier molecular flexibility index (Phi) is 7.53. The Morgan fingerprint density at radius 2 is 1.78 bits per heavy atom. The molecule has 0 unspecified atom stereocenters. The van der Waals surface area contributed by atoms with E-state index in [1.807, 2.05) is 70.2 Å². The van der Waals surface area contributed by atoms with Crippen molar-refractivity contribution in [1.29, 1.82) is 0 Å². The average Bonchev–Trinajstić information content (AvgIpc) is 2.87. The lowest BCUT2D eigenvalue weighted by atomic mass is 9.71. The van der Waals surface area contributed by atoms with Crippen LogP contribution in [0.3, 0.4) is 0 Å². The fraction of sp³-hybridized carbons (Fsp3) is 0.400. The van der Waals surface area contributed by atoms with E-state index < -0.39 is 5.92 Å². The van der Waals surface area contributed by atoms with E-state index >= 15 is 0 Å². The molecule has 6 heteroatoms. The second-order valence-corrected chi connectivity index (χ2v) is 9.61. The third-order valence-corrected chi connectivity index (χ3v) is 7.31. The van der Waals surface area contributed by atoms with E-state index in [1.54, 1.807) is 14.2 Å². The van der Waals surface area contributed by atoms with Crippen LogP contribution >= 0.6 is 0 Å². The molecule has 1 N–H and O–H groups in total. The van der Waals surface area contributed by atoms with Gasteiger partial charge in [-0.1, -0.05) is 37.3 Å². The fourth-order valence-corrected chi connectivity index (χ4v) is 5.20. The van der Waals surface area contributed by atoms with E-state index in [2.05, 4.69) is 5.32 Å². The number of nitrogens with one attached hydrogen (secondary N) is 1. The molecule has 6 nitrogen and oxygen atoms in total. The molecule has 2 aromatic carbocycles. The minimum absolute atomic E-state index is 0.0116. The number of carbonyl (C=O) groups is 2. The van der Waals surface area contributed by atoms with Gasteiger partial charge < -0.3 is 19.5 Å². The molecule has 1 aliphatic carbocycles. The molecular formula is C30H35NO5. The highest BCUT2D eigenvalue weighted by Crippen LogP contribution is 2.47. The minimum atomic E-state index is -0.460. The molecule has 1 heterocycles. The second-order valence-electron chi connectivity index (χ2n) is 9.61.